The molecule has 5 nitrogen and oxygen atoms in total. The van der Waals surface area contributed by atoms with Crippen LogP contribution in [0.2, 0.25) is 0 Å². The Bertz CT molecular complexity index is 761. The molecule has 5 heteroatoms. The minimum atomic E-state index is -0.0866. The minimum absolute atomic E-state index is 0.00712. The molecule has 0 aliphatic carbocycles. The van der Waals surface area contributed by atoms with Crippen LogP contribution in [0.3, 0.4) is 0 Å². The highest BCUT2D eigenvalue weighted by Crippen LogP contribution is 2.22. The second-order valence-corrected chi connectivity index (χ2v) is 6.77. The third kappa shape index (κ3) is 4.69. The molecular weight excluding hydrogens is 326 g/mol. The highest BCUT2D eigenvalue weighted by atomic mass is 16.2. The number of hydrogen-bond donors (Lipinski definition) is 1. The molecule has 0 spiro atoms. The highest BCUT2D eigenvalue weighted by Gasteiger charge is 2.26. The molecule has 0 bridgehead atoms. The van der Waals surface area contributed by atoms with Crippen LogP contribution in [0.15, 0.2) is 48.7 Å². The molecule has 0 saturated carbocycles. The Balaban J connectivity index is 1.64. The van der Waals surface area contributed by atoms with Crippen molar-refractivity contribution in [3.63, 3.8) is 0 Å². The fourth-order valence-electron chi connectivity index (χ4n) is 3.44. The molecule has 1 aromatic carbocycles. The molecule has 1 fully saturated rings. The van der Waals surface area contributed by atoms with E-state index in [-0.39, 0.29) is 17.9 Å². The fourth-order valence-corrected chi connectivity index (χ4v) is 3.44. The molecule has 1 saturated heterocycles. The third-order valence-electron chi connectivity index (χ3n) is 4.87. The SMILES string of the molecule is CC(=O)c1cccc(NC(=O)N2CCCC[C@@H]2CCc2ccccn2)c1. The van der Waals surface area contributed by atoms with E-state index in [0.29, 0.717) is 11.3 Å². The predicted octanol–water partition coefficient (Wildman–Crippen LogP) is 4.30. The normalized spacial score (nSPS) is 17.0. The molecule has 1 aromatic heterocycles. The topological polar surface area (TPSA) is 62.3 Å². The van der Waals surface area contributed by atoms with E-state index in [9.17, 15) is 9.59 Å². The number of aryl methyl sites for hydroxylation is 1. The Kier molecular flexibility index (Phi) is 6.00. The first-order valence-corrected chi connectivity index (χ1v) is 9.22. The molecule has 136 valence electrons. The van der Waals surface area contributed by atoms with Gasteiger partial charge in [0.05, 0.1) is 0 Å². The van der Waals surface area contributed by atoms with Crippen molar-refractivity contribution < 1.29 is 9.59 Å². The Labute approximate surface area is 154 Å². The maximum atomic E-state index is 12.8. The van der Waals surface area contributed by atoms with Gasteiger partial charge < -0.3 is 10.2 Å². The maximum Gasteiger partial charge on any atom is 0.322 e. The van der Waals surface area contributed by atoms with Crippen molar-refractivity contribution in [3.8, 4) is 0 Å². The van der Waals surface area contributed by atoms with Crippen molar-refractivity contribution in [1.82, 2.24) is 9.88 Å². The molecule has 1 aliphatic heterocycles. The third-order valence-corrected chi connectivity index (χ3v) is 4.87. The lowest BCUT2D eigenvalue weighted by atomic mass is 9.97. The van der Waals surface area contributed by atoms with E-state index in [4.69, 9.17) is 0 Å². The van der Waals surface area contributed by atoms with Crippen LogP contribution >= 0.6 is 0 Å². The Morgan fingerprint density at radius 1 is 1.19 bits per heavy atom. The molecule has 26 heavy (non-hydrogen) atoms. The highest BCUT2D eigenvalue weighted by molar-refractivity contribution is 5.96. The number of amides is 2. The maximum absolute atomic E-state index is 12.8. The van der Waals surface area contributed by atoms with Crippen LogP contribution in [0.4, 0.5) is 10.5 Å². The van der Waals surface area contributed by atoms with Gasteiger partial charge in [-0.1, -0.05) is 18.2 Å². The summed E-state index contributed by atoms with van der Waals surface area (Å²) >= 11 is 0. The molecule has 0 radical (unpaired) electrons. The number of hydrogen-bond acceptors (Lipinski definition) is 3. The molecule has 0 unspecified atom stereocenters. The van der Waals surface area contributed by atoms with Crippen LogP contribution < -0.4 is 5.32 Å². The van der Waals surface area contributed by atoms with Crippen LogP contribution in [0.1, 0.15) is 48.7 Å². The molecule has 2 heterocycles. The summed E-state index contributed by atoms with van der Waals surface area (Å²) in [5.74, 6) is -0.00712. The van der Waals surface area contributed by atoms with Crippen LogP contribution in [-0.4, -0.2) is 34.3 Å². The lowest BCUT2D eigenvalue weighted by Crippen LogP contribution is -2.46. The van der Waals surface area contributed by atoms with Crippen molar-refractivity contribution in [1.29, 1.82) is 0 Å². The number of piperidine rings is 1. The van der Waals surface area contributed by atoms with Gasteiger partial charge in [-0.25, -0.2) is 4.79 Å². The van der Waals surface area contributed by atoms with E-state index in [2.05, 4.69) is 10.3 Å². The van der Waals surface area contributed by atoms with Crippen molar-refractivity contribution in [2.45, 2.75) is 45.1 Å². The summed E-state index contributed by atoms with van der Waals surface area (Å²) in [5, 5.41) is 2.95. The summed E-state index contributed by atoms with van der Waals surface area (Å²) in [6.07, 6.45) is 6.79. The van der Waals surface area contributed by atoms with Gasteiger partial charge in [0.15, 0.2) is 5.78 Å². The molecule has 3 rings (SSSR count). The van der Waals surface area contributed by atoms with E-state index < -0.39 is 0 Å². The number of carbonyl (C=O) groups excluding carboxylic acids is 2. The number of rotatable bonds is 5. The van der Waals surface area contributed by atoms with Crippen LogP contribution in [-0.2, 0) is 6.42 Å². The summed E-state index contributed by atoms with van der Waals surface area (Å²) in [5.41, 5.74) is 2.33. The average Bonchev–Trinajstić information content (AvgIpc) is 2.67. The largest absolute Gasteiger partial charge is 0.322 e. The first-order chi connectivity index (χ1) is 12.6. The summed E-state index contributed by atoms with van der Waals surface area (Å²) in [7, 11) is 0. The average molecular weight is 351 g/mol. The van der Waals surface area contributed by atoms with Crippen LogP contribution in [0, 0.1) is 0 Å². The number of nitrogens with one attached hydrogen (secondary N) is 1. The molecular formula is C21H25N3O2. The van der Waals surface area contributed by atoms with E-state index in [1.54, 1.807) is 18.2 Å². The second kappa shape index (κ2) is 8.61. The molecule has 1 atom stereocenters. The van der Waals surface area contributed by atoms with Gasteiger partial charge in [-0.15, -0.1) is 0 Å². The minimum Gasteiger partial charge on any atom is -0.322 e. The number of carbonyl (C=O) groups is 2. The standard InChI is InChI=1S/C21H25N3O2/c1-16(25)17-7-6-9-19(15-17)23-21(26)24-14-5-3-10-20(24)12-11-18-8-2-4-13-22-18/h2,4,6-9,13,15,20H,3,5,10-12,14H2,1H3,(H,23,26)/t20-/m1/s1. The smallest absolute Gasteiger partial charge is 0.322 e. The van der Waals surface area contributed by atoms with Gasteiger partial charge in [0, 0.05) is 35.7 Å². The number of anilines is 1. The van der Waals surface area contributed by atoms with Gasteiger partial charge in [0.1, 0.15) is 0 Å². The molecule has 2 aromatic rings. The quantitative estimate of drug-likeness (QED) is 0.817. The number of ketones is 1. The number of aromatic nitrogens is 1. The first kappa shape index (κ1) is 18.1. The number of urea groups is 1. The van der Waals surface area contributed by atoms with Crippen molar-refractivity contribution in [3.05, 3.63) is 59.9 Å². The zero-order valence-electron chi connectivity index (χ0n) is 15.1. The Morgan fingerprint density at radius 2 is 2.08 bits per heavy atom. The van der Waals surface area contributed by atoms with E-state index in [1.807, 2.05) is 35.4 Å². The molecule has 1 N–H and O–H groups in total. The number of Topliss-reactive ketones (excluding diaryl/α,β-unsaturated/α-hetero) is 1. The van der Waals surface area contributed by atoms with Gasteiger partial charge in [0.2, 0.25) is 0 Å². The zero-order valence-corrected chi connectivity index (χ0v) is 15.1. The fraction of sp³-hybridized carbons (Fsp3) is 0.381. The van der Waals surface area contributed by atoms with Gasteiger partial charge in [-0.05, 0) is 63.3 Å². The van der Waals surface area contributed by atoms with Crippen molar-refractivity contribution in [2.75, 3.05) is 11.9 Å². The summed E-state index contributed by atoms with van der Waals surface area (Å²) in [6, 6.07) is 13.2. The molecule has 2 amide bonds. The number of nitrogens with zero attached hydrogens (tertiary/aromatic N) is 2. The van der Waals surface area contributed by atoms with E-state index in [1.165, 1.54) is 6.92 Å². The van der Waals surface area contributed by atoms with E-state index >= 15 is 0 Å². The first-order valence-electron chi connectivity index (χ1n) is 9.22. The second-order valence-electron chi connectivity index (χ2n) is 6.77. The lowest BCUT2D eigenvalue weighted by Gasteiger charge is -2.35. The number of benzene rings is 1. The van der Waals surface area contributed by atoms with E-state index in [0.717, 1.165) is 44.3 Å². The van der Waals surface area contributed by atoms with Gasteiger partial charge in [-0.3, -0.25) is 9.78 Å². The van der Waals surface area contributed by atoms with Crippen LogP contribution in [0.5, 0.6) is 0 Å². The van der Waals surface area contributed by atoms with Gasteiger partial charge >= 0.3 is 6.03 Å². The number of pyridine rings is 1. The van der Waals surface area contributed by atoms with Gasteiger partial charge in [0.25, 0.3) is 0 Å². The summed E-state index contributed by atoms with van der Waals surface area (Å²) in [6.45, 7) is 2.30. The Hall–Kier alpha value is -2.69. The van der Waals surface area contributed by atoms with Crippen molar-refractivity contribution in [2.24, 2.45) is 0 Å². The monoisotopic (exact) mass is 351 g/mol. The predicted molar refractivity (Wildman–Crippen MR) is 102 cm³/mol. The van der Waals surface area contributed by atoms with Gasteiger partial charge in [-0.2, -0.15) is 0 Å². The molecule has 1 aliphatic rings. The summed E-state index contributed by atoms with van der Waals surface area (Å²) in [4.78, 5) is 30.6. The Morgan fingerprint density at radius 3 is 2.85 bits per heavy atom. The van der Waals surface area contributed by atoms with Crippen molar-refractivity contribution >= 4 is 17.5 Å². The number of likely N-dealkylation sites (tertiary alicyclic amines) is 1. The van der Waals surface area contributed by atoms with Crippen LogP contribution in [0.25, 0.3) is 0 Å². The zero-order chi connectivity index (χ0) is 18.4. The summed E-state index contributed by atoms with van der Waals surface area (Å²) < 4.78 is 0. The lowest BCUT2D eigenvalue weighted by molar-refractivity contribution is 0.101.